The van der Waals surface area contributed by atoms with Gasteiger partial charge in [-0.15, -0.1) is 0 Å². The van der Waals surface area contributed by atoms with Crippen molar-refractivity contribution in [3.8, 4) is 0 Å². The molecule has 18 heavy (non-hydrogen) atoms. The quantitative estimate of drug-likeness (QED) is 0.741. The minimum atomic E-state index is -0.789. The molecule has 1 unspecified atom stereocenters. The van der Waals surface area contributed by atoms with E-state index in [1.54, 1.807) is 24.3 Å². The standard InChI is InChI=1S/C14H13BrF2O/c1-2-18-14(15)7-6-12(13(17)9-14)10-4-3-5-11(16)8-10/h3-8H,2,9H2,1H3. The summed E-state index contributed by atoms with van der Waals surface area (Å²) in [6.07, 6.45) is 3.47. The lowest BCUT2D eigenvalue weighted by Crippen LogP contribution is -2.24. The van der Waals surface area contributed by atoms with E-state index < -0.39 is 4.51 Å². The first-order valence-corrected chi connectivity index (χ1v) is 6.50. The fourth-order valence-electron chi connectivity index (χ4n) is 1.91. The summed E-state index contributed by atoms with van der Waals surface area (Å²) in [6, 6.07) is 5.91. The van der Waals surface area contributed by atoms with Crippen LogP contribution < -0.4 is 0 Å². The molecule has 0 N–H and O–H groups in total. The number of ether oxygens (including phenoxy) is 1. The van der Waals surface area contributed by atoms with Crippen LogP contribution in [0.15, 0.2) is 42.2 Å². The molecule has 1 aromatic carbocycles. The summed E-state index contributed by atoms with van der Waals surface area (Å²) in [5, 5.41) is 0. The van der Waals surface area contributed by atoms with Crippen LogP contribution >= 0.6 is 15.9 Å². The molecule has 0 saturated heterocycles. The molecule has 1 nitrogen and oxygen atoms in total. The summed E-state index contributed by atoms with van der Waals surface area (Å²) in [4.78, 5) is 0. The van der Waals surface area contributed by atoms with Crippen molar-refractivity contribution in [3.63, 3.8) is 0 Å². The highest BCUT2D eigenvalue weighted by atomic mass is 79.9. The van der Waals surface area contributed by atoms with Crippen molar-refractivity contribution in [1.82, 2.24) is 0 Å². The van der Waals surface area contributed by atoms with Crippen molar-refractivity contribution < 1.29 is 13.5 Å². The third kappa shape index (κ3) is 2.87. The zero-order chi connectivity index (χ0) is 13.2. The molecule has 0 aromatic heterocycles. The summed E-state index contributed by atoms with van der Waals surface area (Å²) in [5.41, 5.74) is 0.944. The molecular weight excluding hydrogens is 302 g/mol. The van der Waals surface area contributed by atoms with Crippen LogP contribution in [-0.2, 0) is 4.74 Å². The number of alkyl halides is 1. The van der Waals surface area contributed by atoms with Gasteiger partial charge in [0.2, 0.25) is 0 Å². The van der Waals surface area contributed by atoms with Gasteiger partial charge in [0.15, 0.2) is 0 Å². The molecule has 0 saturated carbocycles. The summed E-state index contributed by atoms with van der Waals surface area (Å²) >= 11 is 3.35. The van der Waals surface area contributed by atoms with Crippen LogP contribution in [0.1, 0.15) is 18.9 Å². The van der Waals surface area contributed by atoms with Crippen LogP contribution in [0.2, 0.25) is 0 Å². The molecule has 1 aliphatic rings. The maximum absolute atomic E-state index is 14.1. The van der Waals surface area contributed by atoms with E-state index in [2.05, 4.69) is 15.9 Å². The Balaban J connectivity index is 2.30. The van der Waals surface area contributed by atoms with Crippen LogP contribution in [0.4, 0.5) is 8.78 Å². The SMILES string of the molecule is CCOC1(Br)C=CC(c2cccc(F)c2)=C(F)C1. The van der Waals surface area contributed by atoms with Crippen molar-refractivity contribution >= 4 is 21.5 Å². The Morgan fingerprint density at radius 2 is 2.17 bits per heavy atom. The molecular formula is C14H13BrF2O. The molecule has 1 aromatic rings. The molecule has 1 atom stereocenters. The lowest BCUT2D eigenvalue weighted by molar-refractivity contribution is 0.0710. The van der Waals surface area contributed by atoms with E-state index in [1.165, 1.54) is 12.1 Å². The molecule has 4 heteroatoms. The Bertz CT molecular complexity index is 510. The summed E-state index contributed by atoms with van der Waals surface area (Å²) in [6.45, 7) is 2.33. The van der Waals surface area contributed by atoms with E-state index in [9.17, 15) is 8.78 Å². The van der Waals surface area contributed by atoms with Crippen LogP contribution in [0.5, 0.6) is 0 Å². The zero-order valence-corrected chi connectivity index (χ0v) is 11.5. The van der Waals surface area contributed by atoms with Crippen molar-refractivity contribution in [3.05, 3.63) is 53.6 Å². The highest BCUT2D eigenvalue weighted by Gasteiger charge is 2.30. The number of hydrogen-bond donors (Lipinski definition) is 0. The van der Waals surface area contributed by atoms with Crippen molar-refractivity contribution in [2.24, 2.45) is 0 Å². The summed E-state index contributed by atoms with van der Waals surface area (Å²) < 4.78 is 31.8. The first-order valence-electron chi connectivity index (χ1n) is 5.71. The third-order valence-corrected chi connectivity index (χ3v) is 3.48. The first-order chi connectivity index (χ1) is 8.54. The van der Waals surface area contributed by atoms with Gasteiger partial charge < -0.3 is 4.74 Å². The van der Waals surface area contributed by atoms with E-state index in [0.717, 1.165) is 0 Å². The molecule has 96 valence electrons. The molecule has 0 aliphatic heterocycles. The lowest BCUT2D eigenvalue weighted by Gasteiger charge is -2.27. The second-order valence-corrected chi connectivity index (χ2v) is 5.40. The van der Waals surface area contributed by atoms with Gasteiger partial charge in [0.25, 0.3) is 0 Å². The van der Waals surface area contributed by atoms with Gasteiger partial charge in [0.05, 0.1) is 0 Å². The molecule has 0 fully saturated rings. The van der Waals surface area contributed by atoms with E-state index in [0.29, 0.717) is 17.7 Å². The number of rotatable bonds is 3. The Morgan fingerprint density at radius 1 is 1.39 bits per heavy atom. The van der Waals surface area contributed by atoms with Gasteiger partial charge in [0, 0.05) is 18.6 Å². The van der Waals surface area contributed by atoms with Gasteiger partial charge in [0.1, 0.15) is 16.2 Å². The number of halogens is 3. The lowest BCUT2D eigenvalue weighted by atomic mass is 9.97. The molecule has 0 spiro atoms. The maximum atomic E-state index is 14.1. The van der Waals surface area contributed by atoms with Crippen LogP contribution in [0.25, 0.3) is 5.57 Å². The first kappa shape index (κ1) is 13.4. The van der Waals surface area contributed by atoms with Crippen LogP contribution in [-0.4, -0.2) is 11.1 Å². The highest BCUT2D eigenvalue weighted by molar-refractivity contribution is 9.10. The third-order valence-electron chi connectivity index (χ3n) is 2.71. The molecule has 0 amide bonds. The molecule has 0 radical (unpaired) electrons. The minimum absolute atomic E-state index is 0.100. The monoisotopic (exact) mass is 314 g/mol. The number of allylic oxidation sites excluding steroid dienone is 2. The van der Waals surface area contributed by atoms with Crippen molar-refractivity contribution in [1.29, 1.82) is 0 Å². The minimum Gasteiger partial charge on any atom is -0.360 e. The molecule has 1 aliphatic carbocycles. The van der Waals surface area contributed by atoms with E-state index in [4.69, 9.17) is 4.74 Å². The molecule has 0 heterocycles. The van der Waals surface area contributed by atoms with Gasteiger partial charge in [-0.1, -0.05) is 18.2 Å². The van der Waals surface area contributed by atoms with Crippen molar-refractivity contribution in [2.75, 3.05) is 6.61 Å². The van der Waals surface area contributed by atoms with Gasteiger partial charge in [-0.05, 0) is 46.6 Å². The smallest absolute Gasteiger partial charge is 0.147 e. The fraction of sp³-hybridized carbons (Fsp3) is 0.286. The summed E-state index contributed by atoms with van der Waals surface area (Å²) in [5.74, 6) is -0.685. The van der Waals surface area contributed by atoms with Gasteiger partial charge in [-0.2, -0.15) is 0 Å². The Labute approximate surface area is 113 Å². The molecule has 2 rings (SSSR count). The predicted octanol–water partition coefficient (Wildman–Crippen LogP) is 4.59. The second-order valence-electron chi connectivity index (χ2n) is 4.06. The van der Waals surface area contributed by atoms with E-state index >= 15 is 0 Å². The maximum Gasteiger partial charge on any atom is 0.147 e. The average Bonchev–Trinajstić information content (AvgIpc) is 2.28. The van der Waals surface area contributed by atoms with Gasteiger partial charge in [-0.25, -0.2) is 8.78 Å². The van der Waals surface area contributed by atoms with Crippen LogP contribution in [0, 0.1) is 5.82 Å². The Hall–Kier alpha value is -1.00. The summed E-state index contributed by atoms with van der Waals surface area (Å²) in [7, 11) is 0. The predicted molar refractivity (Wildman–Crippen MR) is 71.5 cm³/mol. The van der Waals surface area contributed by atoms with Gasteiger partial charge in [-0.3, -0.25) is 0 Å². The zero-order valence-electron chi connectivity index (χ0n) is 9.92. The average molecular weight is 315 g/mol. The largest absolute Gasteiger partial charge is 0.360 e. The van der Waals surface area contributed by atoms with Crippen molar-refractivity contribution in [2.45, 2.75) is 17.9 Å². The van der Waals surface area contributed by atoms with Gasteiger partial charge >= 0.3 is 0 Å². The topological polar surface area (TPSA) is 9.23 Å². The Kier molecular flexibility index (Phi) is 3.97. The van der Waals surface area contributed by atoms with E-state index in [1.807, 2.05) is 6.92 Å². The Morgan fingerprint density at radius 3 is 2.78 bits per heavy atom. The molecule has 0 bridgehead atoms. The second kappa shape index (κ2) is 5.33. The number of hydrogen-bond acceptors (Lipinski definition) is 1. The normalized spacial score (nSPS) is 23.6. The number of benzene rings is 1. The van der Waals surface area contributed by atoms with Crippen LogP contribution in [0.3, 0.4) is 0 Å². The highest BCUT2D eigenvalue weighted by Crippen LogP contribution is 2.39. The fourth-order valence-corrected chi connectivity index (χ4v) is 2.52. The van der Waals surface area contributed by atoms with E-state index in [-0.39, 0.29) is 18.1 Å².